The molecule has 4 heteroatoms. The van der Waals surface area contributed by atoms with Crippen molar-refractivity contribution in [3.8, 4) is 0 Å². The van der Waals surface area contributed by atoms with Gasteiger partial charge in [0.05, 0.1) is 0 Å². The Kier molecular flexibility index (Phi) is 6.98. The van der Waals surface area contributed by atoms with Crippen molar-refractivity contribution in [3.63, 3.8) is 0 Å². The first kappa shape index (κ1) is 18.4. The van der Waals surface area contributed by atoms with Crippen molar-refractivity contribution < 1.29 is 0 Å². The summed E-state index contributed by atoms with van der Waals surface area (Å²) in [6.07, 6.45) is 0. The van der Waals surface area contributed by atoms with Crippen molar-refractivity contribution in [2.24, 2.45) is 0 Å². The molecule has 0 N–H and O–H groups in total. The second-order valence-electron chi connectivity index (χ2n) is 5.46. The van der Waals surface area contributed by atoms with Crippen molar-refractivity contribution in [2.75, 3.05) is 24.8 Å². The third kappa shape index (κ3) is 4.10. The molecule has 0 bridgehead atoms. The summed E-state index contributed by atoms with van der Waals surface area (Å²) in [6, 6.07) is 19.5. The monoisotopic (exact) mass is 367 g/mol. The number of hydrogen-bond acceptors (Lipinski definition) is 1. The molecule has 0 aliphatic carbocycles. The van der Waals surface area contributed by atoms with Crippen LogP contribution < -0.4 is 0 Å². The zero-order chi connectivity index (χ0) is 15.4. The van der Waals surface area contributed by atoms with Crippen LogP contribution in [0.2, 0.25) is 0 Å². The van der Waals surface area contributed by atoms with E-state index in [4.69, 9.17) is 23.2 Å². The van der Waals surface area contributed by atoms with E-state index in [2.05, 4.69) is 59.5 Å². The van der Waals surface area contributed by atoms with E-state index in [1.54, 1.807) is 0 Å². The van der Waals surface area contributed by atoms with E-state index in [0.717, 1.165) is 19.6 Å². The third-order valence-corrected chi connectivity index (χ3v) is 4.39. The highest BCUT2D eigenvalue weighted by molar-refractivity contribution is 6.18. The number of hydrogen-bond donors (Lipinski definition) is 0. The average molecular weight is 369 g/mol. The van der Waals surface area contributed by atoms with Crippen molar-refractivity contribution in [1.82, 2.24) is 4.90 Å². The molecule has 0 heterocycles. The highest BCUT2D eigenvalue weighted by Crippen LogP contribution is 2.29. The van der Waals surface area contributed by atoms with Crippen molar-refractivity contribution in [2.45, 2.75) is 6.54 Å². The third-order valence-electron chi connectivity index (χ3n) is 4.05. The van der Waals surface area contributed by atoms with Gasteiger partial charge in [0, 0.05) is 31.4 Å². The predicted octanol–water partition coefficient (Wildman–Crippen LogP) is 5.69. The van der Waals surface area contributed by atoms with E-state index in [9.17, 15) is 0 Å². The Bertz CT molecular complexity index is 767. The van der Waals surface area contributed by atoms with Crippen LogP contribution in [-0.4, -0.2) is 29.7 Å². The smallest absolute Gasteiger partial charge is 0.0351 e. The van der Waals surface area contributed by atoms with Gasteiger partial charge in [0.25, 0.3) is 0 Å². The van der Waals surface area contributed by atoms with Crippen LogP contribution in [0.5, 0.6) is 0 Å². The first-order chi connectivity index (χ1) is 10.8. The van der Waals surface area contributed by atoms with Crippen LogP contribution in [0, 0.1) is 0 Å². The van der Waals surface area contributed by atoms with Crippen LogP contribution in [0.1, 0.15) is 5.56 Å². The Balaban J connectivity index is 0.00000192. The fourth-order valence-electron chi connectivity index (χ4n) is 3.01. The van der Waals surface area contributed by atoms with Gasteiger partial charge >= 0.3 is 0 Å². The molecule has 0 spiro atoms. The van der Waals surface area contributed by atoms with Gasteiger partial charge in [-0.3, -0.25) is 4.90 Å². The molecule has 0 atom stereocenters. The molecule has 3 aromatic carbocycles. The van der Waals surface area contributed by atoms with Crippen LogP contribution in [0.15, 0.2) is 54.6 Å². The number of alkyl halides is 2. The number of benzene rings is 3. The zero-order valence-corrected chi connectivity index (χ0v) is 15.2. The largest absolute Gasteiger partial charge is 0.297 e. The van der Waals surface area contributed by atoms with Crippen molar-refractivity contribution in [3.05, 3.63) is 60.2 Å². The minimum absolute atomic E-state index is 0. The fourth-order valence-corrected chi connectivity index (χ4v) is 3.49. The summed E-state index contributed by atoms with van der Waals surface area (Å²) < 4.78 is 0. The molecule has 0 saturated carbocycles. The summed E-state index contributed by atoms with van der Waals surface area (Å²) in [4.78, 5) is 2.32. The summed E-state index contributed by atoms with van der Waals surface area (Å²) in [5.74, 6) is 1.25. The molecule has 0 saturated heterocycles. The van der Waals surface area contributed by atoms with E-state index in [1.165, 1.54) is 27.1 Å². The summed E-state index contributed by atoms with van der Waals surface area (Å²) in [6.45, 7) is 2.59. The normalized spacial score (nSPS) is 11.1. The van der Waals surface area contributed by atoms with Gasteiger partial charge in [0.15, 0.2) is 0 Å². The lowest BCUT2D eigenvalue weighted by atomic mass is 9.97. The maximum atomic E-state index is 5.93. The van der Waals surface area contributed by atoms with E-state index in [1.807, 2.05) is 0 Å². The predicted molar refractivity (Wildman–Crippen MR) is 105 cm³/mol. The van der Waals surface area contributed by atoms with Gasteiger partial charge < -0.3 is 0 Å². The maximum absolute atomic E-state index is 5.93. The zero-order valence-electron chi connectivity index (χ0n) is 12.8. The van der Waals surface area contributed by atoms with Crippen LogP contribution in [0.4, 0.5) is 0 Å². The molecule has 122 valence electrons. The molecule has 0 radical (unpaired) electrons. The quantitative estimate of drug-likeness (QED) is 0.399. The molecule has 3 rings (SSSR count). The highest BCUT2D eigenvalue weighted by atomic mass is 35.5. The Hall–Kier alpha value is -0.990. The molecule has 0 unspecified atom stereocenters. The summed E-state index contributed by atoms with van der Waals surface area (Å²) >= 11 is 11.9. The molecule has 0 aliphatic rings. The molecular formula is C19H20Cl3N. The molecule has 0 fully saturated rings. The number of nitrogens with zero attached hydrogens (tertiary/aromatic N) is 1. The molecule has 3 aromatic rings. The summed E-state index contributed by atoms with van der Waals surface area (Å²) in [5, 5.41) is 5.22. The Morgan fingerprint density at radius 1 is 0.739 bits per heavy atom. The summed E-state index contributed by atoms with van der Waals surface area (Å²) in [5.41, 5.74) is 1.34. The van der Waals surface area contributed by atoms with E-state index >= 15 is 0 Å². The second kappa shape index (κ2) is 8.75. The standard InChI is InChI=1S/C19H19Cl2N.ClH/c20-9-11-22(12-10-21)14-16-13-15-5-1-2-6-17(15)19-8-4-3-7-18(16)19;/h1-8,13H,9-12,14H2;1H. The van der Waals surface area contributed by atoms with Gasteiger partial charge in [0.2, 0.25) is 0 Å². The van der Waals surface area contributed by atoms with Crippen LogP contribution in [0.3, 0.4) is 0 Å². The average Bonchev–Trinajstić information content (AvgIpc) is 2.55. The molecule has 1 nitrogen and oxygen atoms in total. The van der Waals surface area contributed by atoms with Crippen molar-refractivity contribution >= 4 is 57.2 Å². The highest BCUT2D eigenvalue weighted by Gasteiger charge is 2.10. The number of halogens is 3. The fraction of sp³-hybridized carbons (Fsp3) is 0.263. The maximum Gasteiger partial charge on any atom is 0.0351 e. The van der Waals surface area contributed by atoms with Gasteiger partial charge in [-0.2, -0.15) is 0 Å². The molecule has 0 aliphatic heterocycles. The Morgan fingerprint density at radius 2 is 1.30 bits per heavy atom. The minimum atomic E-state index is 0. The minimum Gasteiger partial charge on any atom is -0.297 e. The first-order valence-electron chi connectivity index (χ1n) is 7.57. The Labute approximate surface area is 153 Å². The van der Waals surface area contributed by atoms with Gasteiger partial charge in [-0.25, -0.2) is 0 Å². The van der Waals surface area contributed by atoms with E-state index in [-0.39, 0.29) is 12.4 Å². The van der Waals surface area contributed by atoms with Crippen molar-refractivity contribution in [1.29, 1.82) is 0 Å². The van der Waals surface area contributed by atoms with Gasteiger partial charge in [0.1, 0.15) is 0 Å². The lowest BCUT2D eigenvalue weighted by molar-refractivity contribution is 0.300. The summed E-state index contributed by atoms with van der Waals surface area (Å²) in [7, 11) is 0. The topological polar surface area (TPSA) is 3.24 Å². The van der Waals surface area contributed by atoms with Gasteiger partial charge in [-0.05, 0) is 33.2 Å². The van der Waals surface area contributed by atoms with Gasteiger partial charge in [-0.15, -0.1) is 35.6 Å². The number of rotatable bonds is 6. The lowest BCUT2D eigenvalue weighted by Crippen LogP contribution is -2.27. The molecule has 23 heavy (non-hydrogen) atoms. The van der Waals surface area contributed by atoms with Crippen LogP contribution in [0.25, 0.3) is 21.5 Å². The SMILES string of the molecule is Cl.ClCCN(CCCl)Cc1cc2ccccc2c2ccccc12. The Morgan fingerprint density at radius 3 is 1.96 bits per heavy atom. The molecular weight excluding hydrogens is 349 g/mol. The van der Waals surface area contributed by atoms with E-state index < -0.39 is 0 Å². The van der Waals surface area contributed by atoms with Gasteiger partial charge in [-0.1, -0.05) is 48.5 Å². The number of fused-ring (bicyclic) bond motifs is 3. The molecule has 0 aromatic heterocycles. The molecule has 0 amide bonds. The van der Waals surface area contributed by atoms with Crippen LogP contribution in [-0.2, 0) is 6.54 Å². The van der Waals surface area contributed by atoms with E-state index in [0.29, 0.717) is 11.8 Å². The second-order valence-corrected chi connectivity index (χ2v) is 6.21. The first-order valence-corrected chi connectivity index (χ1v) is 8.64. The van der Waals surface area contributed by atoms with Crippen LogP contribution >= 0.6 is 35.6 Å². The lowest BCUT2D eigenvalue weighted by Gasteiger charge is -2.21.